The maximum absolute atomic E-state index is 12.2. The normalized spacial score (nSPS) is 15.5. The molecule has 1 unspecified atom stereocenters. The van der Waals surface area contributed by atoms with Crippen LogP contribution in [-0.2, 0) is 0 Å². The summed E-state index contributed by atoms with van der Waals surface area (Å²) in [6.07, 6.45) is 2.46. The van der Waals surface area contributed by atoms with E-state index in [2.05, 4.69) is 17.2 Å². The highest BCUT2D eigenvalue weighted by atomic mass is 32.1. The zero-order chi connectivity index (χ0) is 14.8. The molecule has 0 bridgehead atoms. The number of benzene rings is 1. The Bertz CT molecular complexity index is 621. The summed E-state index contributed by atoms with van der Waals surface area (Å²) in [5, 5.41) is 5.50. The van der Waals surface area contributed by atoms with Crippen LogP contribution in [0.25, 0.3) is 11.3 Å². The van der Waals surface area contributed by atoms with Gasteiger partial charge >= 0.3 is 6.03 Å². The Labute approximate surface area is 128 Å². The first kappa shape index (κ1) is 14.1. The minimum absolute atomic E-state index is 0.0802. The van der Waals surface area contributed by atoms with E-state index in [9.17, 15) is 4.79 Å². The molecule has 3 rings (SSSR count). The highest BCUT2D eigenvalue weighted by Crippen LogP contribution is 2.35. The molecule has 0 aliphatic heterocycles. The van der Waals surface area contributed by atoms with Gasteiger partial charge in [0.2, 0.25) is 0 Å². The summed E-state index contributed by atoms with van der Waals surface area (Å²) >= 11 is 1.46. The summed E-state index contributed by atoms with van der Waals surface area (Å²) in [5.41, 5.74) is 1.96. The number of urea groups is 1. The molecule has 1 heterocycles. The Balaban J connectivity index is 1.65. The molecule has 0 saturated heterocycles. The molecule has 21 heavy (non-hydrogen) atoms. The van der Waals surface area contributed by atoms with E-state index >= 15 is 0 Å². The highest BCUT2D eigenvalue weighted by Gasteiger charge is 2.32. The van der Waals surface area contributed by atoms with Gasteiger partial charge in [0.1, 0.15) is 0 Å². The van der Waals surface area contributed by atoms with Crippen LogP contribution >= 0.6 is 11.3 Å². The van der Waals surface area contributed by atoms with Crippen LogP contribution in [-0.4, -0.2) is 29.0 Å². The molecule has 0 spiro atoms. The molecule has 1 aromatic heterocycles. The second kappa shape index (κ2) is 5.85. The van der Waals surface area contributed by atoms with Crippen molar-refractivity contribution >= 4 is 22.5 Å². The van der Waals surface area contributed by atoms with Gasteiger partial charge < -0.3 is 4.90 Å². The van der Waals surface area contributed by atoms with E-state index in [1.165, 1.54) is 24.2 Å². The first-order valence-electron chi connectivity index (χ1n) is 7.20. The molecule has 2 aromatic rings. The molecule has 110 valence electrons. The van der Waals surface area contributed by atoms with Gasteiger partial charge in [-0.05, 0) is 25.7 Å². The minimum atomic E-state index is -0.0802. The van der Waals surface area contributed by atoms with E-state index in [1.807, 2.05) is 42.8 Å². The first-order valence-corrected chi connectivity index (χ1v) is 8.08. The fraction of sp³-hybridized carbons (Fsp3) is 0.375. The lowest BCUT2D eigenvalue weighted by Gasteiger charge is -2.24. The van der Waals surface area contributed by atoms with Crippen molar-refractivity contribution in [2.24, 2.45) is 5.92 Å². The molecule has 0 radical (unpaired) electrons. The van der Waals surface area contributed by atoms with Crippen molar-refractivity contribution in [1.82, 2.24) is 9.88 Å². The van der Waals surface area contributed by atoms with E-state index in [0.29, 0.717) is 17.1 Å². The van der Waals surface area contributed by atoms with Crippen molar-refractivity contribution in [3.05, 3.63) is 35.7 Å². The molecule has 1 saturated carbocycles. The maximum atomic E-state index is 12.2. The lowest BCUT2D eigenvalue weighted by Crippen LogP contribution is -2.39. The lowest BCUT2D eigenvalue weighted by atomic mass is 10.2. The van der Waals surface area contributed by atoms with Crippen molar-refractivity contribution in [2.45, 2.75) is 25.8 Å². The third kappa shape index (κ3) is 3.24. The molecule has 1 fully saturated rings. The second-order valence-corrected chi connectivity index (χ2v) is 6.38. The van der Waals surface area contributed by atoms with Gasteiger partial charge in [-0.3, -0.25) is 5.32 Å². The van der Waals surface area contributed by atoms with E-state index in [0.717, 1.165) is 11.3 Å². The van der Waals surface area contributed by atoms with E-state index in [-0.39, 0.29) is 6.03 Å². The lowest BCUT2D eigenvalue weighted by molar-refractivity contribution is 0.201. The van der Waals surface area contributed by atoms with Crippen LogP contribution in [0.2, 0.25) is 0 Å². The zero-order valence-electron chi connectivity index (χ0n) is 12.2. The molecule has 1 atom stereocenters. The molecular weight excluding hydrogens is 282 g/mol. The van der Waals surface area contributed by atoms with Crippen LogP contribution < -0.4 is 5.32 Å². The number of thiazole rings is 1. The Morgan fingerprint density at radius 2 is 2.10 bits per heavy atom. The Morgan fingerprint density at radius 1 is 1.38 bits per heavy atom. The molecule has 1 aromatic carbocycles. The largest absolute Gasteiger partial charge is 0.325 e. The Hall–Kier alpha value is -1.88. The van der Waals surface area contributed by atoms with Gasteiger partial charge in [-0.1, -0.05) is 30.3 Å². The molecule has 1 aliphatic carbocycles. The van der Waals surface area contributed by atoms with Gasteiger partial charge in [0.15, 0.2) is 5.13 Å². The number of nitrogens with zero attached hydrogens (tertiary/aromatic N) is 2. The third-order valence-corrected chi connectivity index (χ3v) is 4.78. The topological polar surface area (TPSA) is 45.2 Å². The number of amides is 2. The summed E-state index contributed by atoms with van der Waals surface area (Å²) in [6.45, 7) is 2.11. The number of anilines is 1. The maximum Gasteiger partial charge on any atom is 0.323 e. The number of aromatic nitrogens is 1. The zero-order valence-corrected chi connectivity index (χ0v) is 13.1. The quantitative estimate of drug-likeness (QED) is 0.925. The summed E-state index contributed by atoms with van der Waals surface area (Å²) in [6, 6.07) is 10.2. The van der Waals surface area contributed by atoms with Crippen molar-refractivity contribution in [2.75, 3.05) is 12.4 Å². The van der Waals surface area contributed by atoms with Gasteiger partial charge in [-0.15, -0.1) is 11.3 Å². The van der Waals surface area contributed by atoms with Crippen LogP contribution in [0.3, 0.4) is 0 Å². The SMILES string of the molecule is CC(C1CC1)N(C)C(=O)Nc1nc(-c2ccccc2)cs1. The van der Waals surface area contributed by atoms with E-state index in [4.69, 9.17) is 0 Å². The van der Waals surface area contributed by atoms with Gasteiger partial charge in [-0.2, -0.15) is 0 Å². The van der Waals surface area contributed by atoms with Gasteiger partial charge in [0.05, 0.1) is 5.69 Å². The van der Waals surface area contributed by atoms with Gasteiger partial charge in [0, 0.05) is 24.0 Å². The number of carbonyl (C=O) groups excluding carboxylic acids is 1. The Kier molecular flexibility index (Phi) is 3.92. The third-order valence-electron chi connectivity index (χ3n) is 4.02. The van der Waals surface area contributed by atoms with Crippen LogP contribution in [0.4, 0.5) is 9.93 Å². The number of carbonyl (C=O) groups is 1. The summed E-state index contributed by atoms with van der Waals surface area (Å²) < 4.78 is 0. The van der Waals surface area contributed by atoms with Crippen LogP contribution in [0.5, 0.6) is 0 Å². The Morgan fingerprint density at radius 3 is 2.76 bits per heavy atom. The number of rotatable bonds is 4. The average molecular weight is 301 g/mol. The average Bonchev–Trinajstić information content (AvgIpc) is 3.26. The molecule has 5 heteroatoms. The molecule has 4 nitrogen and oxygen atoms in total. The van der Waals surface area contributed by atoms with Crippen LogP contribution in [0, 0.1) is 5.92 Å². The van der Waals surface area contributed by atoms with Crippen molar-refractivity contribution in [1.29, 1.82) is 0 Å². The van der Waals surface area contributed by atoms with Crippen LogP contribution in [0.15, 0.2) is 35.7 Å². The monoisotopic (exact) mass is 301 g/mol. The van der Waals surface area contributed by atoms with E-state index < -0.39 is 0 Å². The summed E-state index contributed by atoms with van der Waals surface area (Å²) in [4.78, 5) is 18.5. The first-order chi connectivity index (χ1) is 10.1. The summed E-state index contributed by atoms with van der Waals surface area (Å²) in [5.74, 6) is 0.664. The summed E-state index contributed by atoms with van der Waals surface area (Å²) in [7, 11) is 1.85. The number of hydrogen-bond acceptors (Lipinski definition) is 3. The van der Waals surface area contributed by atoms with Crippen LogP contribution in [0.1, 0.15) is 19.8 Å². The fourth-order valence-electron chi connectivity index (χ4n) is 2.33. The second-order valence-electron chi connectivity index (χ2n) is 5.52. The standard InChI is InChI=1S/C16H19N3OS/c1-11(12-8-9-12)19(2)16(20)18-15-17-14(10-21-15)13-6-4-3-5-7-13/h3-7,10-12H,8-9H2,1-2H3,(H,17,18,20). The van der Waals surface area contributed by atoms with Crippen molar-refractivity contribution in [3.63, 3.8) is 0 Å². The number of nitrogens with one attached hydrogen (secondary N) is 1. The highest BCUT2D eigenvalue weighted by molar-refractivity contribution is 7.14. The van der Waals surface area contributed by atoms with Crippen molar-refractivity contribution < 1.29 is 4.79 Å². The predicted octanol–water partition coefficient (Wildman–Crippen LogP) is 4.07. The van der Waals surface area contributed by atoms with Crippen molar-refractivity contribution in [3.8, 4) is 11.3 Å². The minimum Gasteiger partial charge on any atom is -0.325 e. The molecule has 1 aliphatic rings. The number of hydrogen-bond donors (Lipinski definition) is 1. The predicted molar refractivity (Wildman–Crippen MR) is 86.5 cm³/mol. The fourth-order valence-corrected chi connectivity index (χ4v) is 3.04. The van der Waals surface area contributed by atoms with E-state index in [1.54, 1.807) is 4.90 Å². The molecular formula is C16H19N3OS. The van der Waals surface area contributed by atoms with Gasteiger partial charge in [-0.25, -0.2) is 9.78 Å². The molecule has 2 amide bonds. The molecule has 1 N–H and O–H groups in total. The smallest absolute Gasteiger partial charge is 0.323 e. The van der Waals surface area contributed by atoms with Gasteiger partial charge in [0.25, 0.3) is 0 Å².